The maximum absolute atomic E-state index is 12.7. The van der Waals surface area contributed by atoms with E-state index >= 15 is 0 Å². The molecule has 0 fully saturated rings. The van der Waals surface area contributed by atoms with E-state index < -0.39 is 0 Å². The third kappa shape index (κ3) is 3.45. The number of carbonyl (C=O) groups is 1. The summed E-state index contributed by atoms with van der Waals surface area (Å²) < 4.78 is 18.7. The summed E-state index contributed by atoms with van der Waals surface area (Å²) >= 11 is 0. The number of amides is 1. The van der Waals surface area contributed by atoms with Crippen LogP contribution in [0.5, 0.6) is 11.5 Å². The first-order valence-electron chi connectivity index (χ1n) is 9.61. The summed E-state index contributed by atoms with van der Waals surface area (Å²) in [4.78, 5) is 12.7. The van der Waals surface area contributed by atoms with Crippen LogP contribution in [0.25, 0.3) is 0 Å². The van der Waals surface area contributed by atoms with Gasteiger partial charge in [-0.05, 0) is 36.2 Å². The molecule has 29 heavy (non-hydrogen) atoms. The second-order valence-corrected chi connectivity index (χ2v) is 7.22. The Morgan fingerprint density at radius 1 is 1.14 bits per heavy atom. The Bertz CT molecular complexity index is 1050. The predicted octanol–water partition coefficient (Wildman–Crippen LogP) is 3.37. The topological polar surface area (TPSA) is 74.6 Å². The first-order valence-corrected chi connectivity index (χ1v) is 9.61. The van der Waals surface area contributed by atoms with Crippen LogP contribution in [0.2, 0.25) is 0 Å². The average Bonchev–Trinajstić information content (AvgIpc) is 3.40. The molecule has 148 valence electrons. The van der Waals surface area contributed by atoms with E-state index in [4.69, 9.17) is 14.2 Å². The molecule has 2 atom stereocenters. The zero-order valence-electron chi connectivity index (χ0n) is 16.0. The molecule has 2 aliphatic rings. The van der Waals surface area contributed by atoms with E-state index in [9.17, 15) is 4.79 Å². The van der Waals surface area contributed by atoms with E-state index in [0.29, 0.717) is 18.8 Å². The van der Waals surface area contributed by atoms with Crippen molar-refractivity contribution < 1.29 is 19.0 Å². The van der Waals surface area contributed by atoms with Gasteiger partial charge in [-0.3, -0.25) is 9.48 Å². The molecule has 0 unspecified atom stereocenters. The SMILES string of the molecule is C[C@H](NC(=O)c1cc2n(n1)C[C@H](c1ccc3c(c1)OCO3)OC2)c1ccccc1. The van der Waals surface area contributed by atoms with Crippen molar-refractivity contribution in [1.82, 2.24) is 15.1 Å². The minimum Gasteiger partial charge on any atom is -0.454 e. The summed E-state index contributed by atoms with van der Waals surface area (Å²) in [5, 5.41) is 7.52. The van der Waals surface area contributed by atoms with Crippen LogP contribution in [0.3, 0.4) is 0 Å². The standard InChI is InChI=1S/C22H21N3O4/c1-14(15-5-3-2-4-6-15)23-22(26)18-10-17-12-27-21(11-25(17)24-18)16-7-8-19-20(9-16)29-13-28-19/h2-10,14,21H,11-13H2,1H3,(H,23,26)/t14-,21+/m0/s1. The van der Waals surface area contributed by atoms with Gasteiger partial charge in [-0.2, -0.15) is 5.10 Å². The molecule has 3 heterocycles. The highest BCUT2D eigenvalue weighted by Crippen LogP contribution is 2.36. The Morgan fingerprint density at radius 3 is 2.83 bits per heavy atom. The Morgan fingerprint density at radius 2 is 1.97 bits per heavy atom. The first kappa shape index (κ1) is 17.8. The van der Waals surface area contributed by atoms with Crippen LogP contribution >= 0.6 is 0 Å². The Balaban J connectivity index is 1.30. The van der Waals surface area contributed by atoms with E-state index in [1.54, 1.807) is 6.07 Å². The van der Waals surface area contributed by atoms with Crippen molar-refractivity contribution in [3.05, 3.63) is 77.1 Å². The highest BCUT2D eigenvalue weighted by Gasteiger charge is 2.26. The Kier molecular flexibility index (Phi) is 4.44. The quantitative estimate of drug-likeness (QED) is 0.738. The van der Waals surface area contributed by atoms with Crippen LogP contribution in [-0.2, 0) is 17.9 Å². The van der Waals surface area contributed by atoms with E-state index in [2.05, 4.69) is 10.4 Å². The molecule has 2 aliphatic heterocycles. The zero-order valence-corrected chi connectivity index (χ0v) is 16.0. The van der Waals surface area contributed by atoms with Gasteiger partial charge in [0.25, 0.3) is 5.91 Å². The molecule has 0 spiro atoms. The molecule has 0 bridgehead atoms. The molecule has 7 heteroatoms. The molecule has 1 aromatic heterocycles. The van der Waals surface area contributed by atoms with E-state index in [1.807, 2.05) is 60.1 Å². The number of nitrogens with zero attached hydrogens (tertiary/aromatic N) is 2. The summed E-state index contributed by atoms with van der Waals surface area (Å²) in [5.41, 5.74) is 3.34. The summed E-state index contributed by atoms with van der Waals surface area (Å²) in [6.45, 7) is 3.14. The molecule has 1 N–H and O–H groups in total. The minimum absolute atomic E-state index is 0.0972. The number of hydrogen-bond acceptors (Lipinski definition) is 5. The normalized spacial score (nSPS) is 18.2. The Hall–Kier alpha value is -3.32. The number of fused-ring (bicyclic) bond motifs is 2. The van der Waals surface area contributed by atoms with Crippen LogP contribution < -0.4 is 14.8 Å². The molecule has 5 rings (SSSR count). The summed E-state index contributed by atoms with van der Waals surface area (Å²) in [6.07, 6.45) is -0.156. The third-order valence-corrected chi connectivity index (χ3v) is 5.28. The number of rotatable bonds is 4. The summed E-state index contributed by atoms with van der Waals surface area (Å²) in [5.74, 6) is 1.28. The van der Waals surface area contributed by atoms with Crippen molar-refractivity contribution in [3.8, 4) is 11.5 Å². The monoisotopic (exact) mass is 391 g/mol. The average molecular weight is 391 g/mol. The van der Waals surface area contributed by atoms with Gasteiger partial charge in [0.05, 0.1) is 24.9 Å². The van der Waals surface area contributed by atoms with E-state index in [1.165, 1.54) is 0 Å². The third-order valence-electron chi connectivity index (χ3n) is 5.28. The molecular weight excluding hydrogens is 370 g/mol. The fourth-order valence-electron chi connectivity index (χ4n) is 3.65. The van der Waals surface area contributed by atoms with Crippen LogP contribution in [-0.4, -0.2) is 22.5 Å². The van der Waals surface area contributed by atoms with Crippen LogP contribution in [0.15, 0.2) is 54.6 Å². The number of hydrogen-bond donors (Lipinski definition) is 1. The van der Waals surface area contributed by atoms with E-state index in [0.717, 1.165) is 28.3 Å². The fraction of sp³-hybridized carbons (Fsp3) is 0.273. The second kappa shape index (κ2) is 7.25. The van der Waals surface area contributed by atoms with Crippen LogP contribution in [0.1, 0.15) is 46.4 Å². The van der Waals surface area contributed by atoms with Gasteiger partial charge in [-0.1, -0.05) is 36.4 Å². The maximum Gasteiger partial charge on any atom is 0.272 e. The van der Waals surface area contributed by atoms with Gasteiger partial charge in [-0.15, -0.1) is 0 Å². The highest BCUT2D eigenvalue weighted by molar-refractivity contribution is 5.92. The van der Waals surface area contributed by atoms with Gasteiger partial charge < -0.3 is 19.5 Å². The summed E-state index contributed by atoms with van der Waals surface area (Å²) in [6, 6.07) is 17.4. The van der Waals surface area contributed by atoms with Crippen LogP contribution in [0, 0.1) is 0 Å². The van der Waals surface area contributed by atoms with Crippen molar-refractivity contribution in [2.75, 3.05) is 6.79 Å². The number of ether oxygens (including phenoxy) is 3. The number of benzene rings is 2. The van der Waals surface area contributed by atoms with Gasteiger partial charge in [0, 0.05) is 0 Å². The van der Waals surface area contributed by atoms with Gasteiger partial charge >= 0.3 is 0 Å². The molecule has 3 aromatic rings. The van der Waals surface area contributed by atoms with Gasteiger partial charge in [-0.25, -0.2) is 0 Å². The number of carbonyl (C=O) groups excluding carboxylic acids is 1. The fourth-order valence-corrected chi connectivity index (χ4v) is 3.65. The van der Waals surface area contributed by atoms with Gasteiger partial charge in [0.2, 0.25) is 6.79 Å². The van der Waals surface area contributed by atoms with Crippen molar-refractivity contribution in [2.45, 2.75) is 32.2 Å². The lowest BCUT2D eigenvalue weighted by Gasteiger charge is -2.24. The lowest BCUT2D eigenvalue weighted by Crippen LogP contribution is -2.27. The number of nitrogens with one attached hydrogen (secondary N) is 1. The van der Waals surface area contributed by atoms with Gasteiger partial charge in [0.15, 0.2) is 17.2 Å². The highest BCUT2D eigenvalue weighted by atomic mass is 16.7. The predicted molar refractivity (Wildman–Crippen MR) is 105 cm³/mol. The summed E-state index contributed by atoms with van der Waals surface area (Å²) in [7, 11) is 0. The van der Waals surface area contributed by atoms with Gasteiger partial charge in [0.1, 0.15) is 6.10 Å². The second-order valence-electron chi connectivity index (χ2n) is 7.22. The molecule has 7 nitrogen and oxygen atoms in total. The molecule has 0 radical (unpaired) electrons. The first-order chi connectivity index (χ1) is 14.2. The molecule has 1 amide bonds. The van der Waals surface area contributed by atoms with Crippen molar-refractivity contribution in [2.24, 2.45) is 0 Å². The van der Waals surface area contributed by atoms with E-state index in [-0.39, 0.29) is 24.8 Å². The maximum atomic E-state index is 12.7. The lowest BCUT2D eigenvalue weighted by molar-refractivity contribution is -0.00128. The molecule has 0 aliphatic carbocycles. The Labute approximate surface area is 168 Å². The largest absolute Gasteiger partial charge is 0.454 e. The molecule has 2 aromatic carbocycles. The molecular formula is C22H21N3O4. The number of aromatic nitrogens is 2. The molecule has 0 saturated heterocycles. The van der Waals surface area contributed by atoms with Crippen molar-refractivity contribution in [1.29, 1.82) is 0 Å². The molecule has 0 saturated carbocycles. The van der Waals surface area contributed by atoms with Crippen molar-refractivity contribution >= 4 is 5.91 Å². The lowest BCUT2D eigenvalue weighted by atomic mass is 10.1. The van der Waals surface area contributed by atoms with Crippen LogP contribution in [0.4, 0.5) is 0 Å². The zero-order chi connectivity index (χ0) is 19.8. The smallest absolute Gasteiger partial charge is 0.272 e. The van der Waals surface area contributed by atoms with Crippen molar-refractivity contribution in [3.63, 3.8) is 0 Å². The minimum atomic E-state index is -0.192.